The van der Waals surface area contributed by atoms with Crippen molar-refractivity contribution in [2.75, 3.05) is 33.6 Å². The van der Waals surface area contributed by atoms with Gasteiger partial charge in [-0.15, -0.1) is 0 Å². The van der Waals surface area contributed by atoms with Crippen LogP contribution in [0, 0.1) is 0 Å². The Hall–Kier alpha value is -4.93. The minimum absolute atomic E-state index is 0.00332. The molecule has 17 heteroatoms. The third-order valence-corrected chi connectivity index (χ3v) is 7.23. The smallest absolute Gasteiger partial charge is 0.365 e. The molecule has 4 rings (SSSR count). The van der Waals surface area contributed by atoms with Crippen molar-refractivity contribution < 1.29 is 39.6 Å². The zero-order chi connectivity index (χ0) is 32.3. The van der Waals surface area contributed by atoms with E-state index in [4.69, 9.17) is 0 Å². The monoisotopic (exact) mass is 639 g/mol. The van der Waals surface area contributed by atoms with Gasteiger partial charge in [-0.05, 0) is 36.4 Å². The summed E-state index contributed by atoms with van der Waals surface area (Å²) < 4.78 is 106. The molecule has 232 valence electrons. The highest BCUT2D eigenvalue weighted by Crippen LogP contribution is 2.36. The molecule has 2 heterocycles. The molecule has 0 fully saturated rings. The van der Waals surface area contributed by atoms with E-state index in [1.165, 1.54) is 61.8 Å². The number of nitrogens with zero attached hydrogens (tertiary/aromatic N) is 4. The molecule has 0 radical (unpaired) electrons. The maximum Gasteiger partial charge on any atom is 0.421 e. The van der Waals surface area contributed by atoms with Crippen LogP contribution in [-0.2, 0) is 28.9 Å². The normalized spacial score (nSPS) is 12.0. The summed E-state index contributed by atoms with van der Waals surface area (Å²) in [6, 6.07) is 12.8. The first kappa shape index (κ1) is 32.0. The molecule has 0 saturated carbocycles. The summed E-state index contributed by atoms with van der Waals surface area (Å²) in [4.78, 5) is 24.4. The van der Waals surface area contributed by atoms with Crippen LogP contribution >= 0.6 is 0 Å². The van der Waals surface area contributed by atoms with E-state index in [-0.39, 0.29) is 35.1 Å². The van der Waals surface area contributed by atoms with Gasteiger partial charge in [0.1, 0.15) is 17.2 Å². The quantitative estimate of drug-likeness (QED) is 0.193. The first-order chi connectivity index (χ1) is 20.5. The molecule has 2 aromatic carbocycles. The summed E-state index contributed by atoms with van der Waals surface area (Å²) in [5.41, 5.74) is -2.35. The van der Waals surface area contributed by atoms with E-state index in [0.29, 0.717) is 6.20 Å². The largest absolute Gasteiger partial charge is 0.421 e. The predicted octanol–water partition coefficient (Wildman–Crippen LogP) is 5.91. The molecule has 0 bridgehead atoms. The van der Waals surface area contributed by atoms with Gasteiger partial charge in [-0.2, -0.15) is 31.3 Å². The van der Waals surface area contributed by atoms with Gasteiger partial charge in [-0.1, -0.05) is 24.3 Å². The molecule has 0 aliphatic rings. The number of carbonyl (C=O) groups is 1. The Morgan fingerprint density at radius 3 is 2.30 bits per heavy atom. The number of hydrogen-bond donors (Lipinski definition) is 3. The minimum atomic E-state index is -4.85. The third kappa shape index (κ3) is 7.71. The highest BCUT2D eigenvalue weighted by Gasteiger charge is 2.36. The SMILES string of the molecule is CN(c1ncccc1CNc1nc(Nc2cccc(C(=O)Nc3ccccc3C(F)(F)F)c2)ncc1C(F)(F)F)S(C)(=O)=O. The molecule has 0 unspecified atom stereocenters. The van der Waals surface area contributed by atoms with Crippen LogP contribution in [0.25, 0.3) is 0 Å². The van der Waals surface area contributed by atoms with Crippen molar-refractivity contribution in [3.63, 3.8) is 0 Å². The second-order valence-electron chi connectivity index (χ2n) is 9.23. The summed E-state index contributed by atoms with van der Waals surface area (Å²) in [6.45, 7) is -0.294. The van der Waals surface area contributed by atoms with Crippen LogP contribution in [0.4, 0.5) is 55.3 Å². The molecule has 2 aromatic heterocycles. The predicted molar refractivity (Wildman–Crippen MR) is 151 cm³/mol. The maximum absolute atomic E-state index is 13.8. The molecule has 10 nitrogen and oxygen atoms in total. The lowest BCUT2D eigenvalue weighted by Crippen LogP contribution is -2.27. The van der Waals surface area contributed by atoms with Crippen LogP contribution in [0.1, 0.15) is 27.0 Å². The second kappa shape index (κ2) is 12.4. The standard InChI is InChI=1S/C27H23F6N7O3S/c1-40(44(2,42)43)23-17(8-6-12-34-23)14-35-22-20(27(31,32)33)15-36-25(39-22)37-18-9-5-7-16(13-18)24(41)38-21-11-4-3-10-19(21)26(28,29)30/h3-13,15H,14H2,1-2H3,(H,38,41)(H2,35,36,37,39). The number of aromatic nitrogens is 3. The number of hydrogen-bond acceptors (Lipinski definition) is 8. The fourth-order valence-electron chi connectivity index (χ4n) is 3.87. The molecule has 0 spiro atoms. The van der Waals surface area contributed by atoms with Crippen molar-refractivity contribution in [1.29, 1.82) is 0 Å². The number of halogens is 6. The fourth-order valence-corrected chi connectivity index (χ4v) is 4.35. The Morgan fingerprint density at radius 2 is 1.61 bits per heavy atom. The molecule has 4 aromatic rings. The van der Waals surface area contributed by atoms with Crippen molar-refractivity contribution in [1.82, 2.24) is 15.0 Å². The van der Waals surface area contributed by atoms with Gasteiger partial charge < -0.3 is 16.0 Å². The summed E-state index contributed by atoms with van der Waals surface area (Å²) >= 11 is 0. The van der Waals surface area contributed by atoms with Crippen molar-refractivity contribution in [2.45, 2.75) is 18.9 Å². The number of alkyl halides is 6. The summed E-state index contributed by atoms with van der Waals surface area (Å²) in [5.74, 6) is -1.81. The maximum atomic E-state index is 13.8. The summed E-state index contributed by atoms with van der Waals surface area (Å²) in [7, 11) is -2.47. The van der Waals surface area contributed by atoms with Crippen molar-refractivity contribution in [2.24, 2.45) is 0 Å². The fraction of sp³-hybridized carbons (Fsp3) is 0.185. The van der Waals surface area contributed by atoms with Gasteiger partial charge in [0.15, 0.2) is 0 Å². The van der Waals surface area contributed by atoms with E-state index >= 15 is 0 Å². The van der Waals surface area contributed by atoms with E-state index in [1.807, 2.05) is 0 Å². The number of rotatable bonds is 9. The number of carbonyl (C=O) groups excluding carboxylic acids is 1. The van der Waals surface area contributed by atoms with Gasteiger partial charge in [0.05, 0.1) is 17.5 Å². The first-order valence-corrected chi connectivity index (χ1v) is 14.3. The van der Waals surface area contributed by atoms with Crippen LogP contribution < -0.4 is 20.3 Å². The molecule has 0 saturated heterocycles. The molecular weight excluding hydrogens is 616 g/mol. The first-order valence-electron chi connectivity index (χ1n) is 12.4. The van der Waals surface area contributed by atoms with E-state index in [2.05, 4.69) is 30.9 Å². The Bertz CT molecular complexity index is 1780. The van der Waals surface area contributed by atoms with Crippen LogP contribution in [0.3, 0.4) is 0 Å². The number of sulfonamides is 1. The molecule has 44 heavy (non-hydrogen) atoms. The van der Waals surface area contributed by atoms with Gasteiger partial charge in [0.25, 0.3) is 5.91 Å². The van der Waals surface area contributed by atoms with Gasteiger partial charge in [-0.25, -0.2) is 18.4 Å². The van der Waals surface area contributed by atoms with Crippen LogP contribution in [0.15, 0.2) is 73.1 Å². The lowest BCUT2D eigenvalue weighted by atomic mass is 10.1. The lowest BCUT2D eigenvalue weighted by Gasteiger charge is -2.20. The lowest BCUT2D eigenvalue weighted by molar-refractivity contribution is -0.138. The topological polar surface area (TPSA) is 129 Å². The second-order valence-corrected chi connectivity index (χ2v) is 11.2. The number of para-hydroxylation sites is 1. The van der Waals surface area contributed by atoms with Crippen molar-refractivity contribution >= 4 is 44.9 Å². The minimum Gasteiger partial charge on any atom is -0.365 e. The Kier molecular flexibility index (Phi) is 8.98. The Labute approximate surface area is 247 Å². The Balaban J connectivity index is 1.57. The molecular formula is C27H23F6N7O3S. The van der Waals surface area contributed by atoms with Crippen LogP contribution in [0.2, 0.25) is 0 Å². The number of nitrogens with one attached hydrogen (secondary N) is 3. The molecule has 3 N–H and O–H groups in total. The number of pyridine rings is 1. The third-order valence-electron chi connectivity index (χ3n) is 6.07. The van der Waals surface area contributed by atoms with E-state index in [0.717, 1.165) is 22.7 Å². The number of anilines is 5. The number of benzene rings is 2. The Morgan fingerprint density at radius 1 is 0.909 bits per heavy atom. The highest BCUT2D eigenvalue weighted by molar-refractivity contribution is 7.92. The molecule has 0 aliphatic heterocycles. The van der Waals surface area contributed by atoms with E-state index in [1.54, 1.807) is 0 Å². The van der Waals surface area contributed by atoms with Gasteiger partial charge in [-0.3, -0.25) is 9.10 Å². The average molecular weight is 640 g/mol. The average Bonchev–Trinajstić information content (AvgIpc) is 2.94. The van der Waals surface area contributed by atoms with Crippen LogP contribution in [-0.4, -0.2) is 42.6 Å². The van der Waals surface area contributed by atoms with Crippen molar-refractivity contribution in [3.05, 3.63) is 95.3 Å². The van der Waals surface area contributed by atoms with Crippen LogP contribution in [0.5, 0.6) is 0 Å². The van der Waals surface area contributed by atoms with E-state index < -0.39 is 50.9 Å². The number of amides is 1. The van der Waals surface area contributed by atoms with Gasteiger partial charge in [0, 0.05) is 42.8 Å². The highest BCUT2D eigenvalue weighted by atomic mass is 32.2. The zero-order valence-corrected chi connectivity index (χ0v) is 23.6. The van der Waals surface area contributed by atoms with Crippen molar-refractivity contribution in [3.8, 4) is 0 Å². The molecule has 1 amide bonds. The van der Waals surface area contributed by atoms with E-state index in [9.17, 15) is 39.6 Å². The summed E-state index contributed by atoms with van der Waals surface area (Å²) in [6.07, 6.45) is -6.75. The molecule has 0 aliphatic carbocycles. The zero-order valence-electron chi connectivity index (χ0n) is 22.8. The van der Waals surface area contributed by atoms with Gasteiger partial charge in [0.2, 0.25) is 16.0 Å². The van der Waals surface area contributed by atoms with Gasteiger partial charge >= 0.3 is 12.4 Å². The molecule has 0 atom stereocenters. The summed E-state index contributed by atoms with van der Waals surface area (Å²) in [5, 5.41) is 7.44.